The minimum atomic E-state index is -0.678. The van der Waals surface area contributed by atoms with Crippen LogP contribution >= 0.6 is 0 Å². The van der Waals surface area contributed by atoms with Crippen LogP contribution in [0, 0.1) is 11.6 Å². The molecule has 0 saturated heterocycles. The molecule has 0 aliphatic carbocycles. The molecule has 0 aliphatic heterocycles. The van der Waals surface area contributed by atoms with Gasteiger partial charge in [0.2, 0.25) is 0 Å². The monoisotopic (exact) mass is 317 g/mol. The quantitative estimate of drug-likeness (QED) is 0.718. The summed E-state index contributed by atoms with van der Waals surface area (Å²) in [5, 5.41) is 10.00. The third-order valence-corrected chi connectivity index (χ3v) is 3.11. The second-order valence-electron chi connectivity index (χ2n) is 5.50. The molecule has 0 spiro atoms. The Hall–Kier alpha value is -1.08. The van der Waals surface area contributed by atoms with Crippen LogP contribution in [-0.4, -0.2) is 55.6 Å². The van der Waals surface area contributed by atoms with E-state index < -0.39 is 17.7 Å². The largest absolute Gasteiger partial charge is 0.389 e. The Bertz CT molecular complexity index is 443. The number of hydrogen-bond donors (Lipinski definition) is 1. The highest BCUT2D eigenvalue weighted by molar-refractivity contribution is 5.18. The number of rotatable bonds is 10. The van der Waals surface area contributed by atoms with Crippen molar-refractivity contribution in [3.05, 3.63) is 35.4 Å². The van der Waals surface area contributed by atoms with Gasteiger partial charge in [0.15, 0.2) is 0 Å². The molecule has 6 heteroatoms. The lowest BCUT2D eigenvalue weighted by Crippen LogP contribution is -2.37. The van der Waals surface area contributed by atoms with Gasteiger partial charge in [0.1, 0.15) is 11.6 Å². The van der Waals surface area contributed by atoms with Crippen LogP contribution in [0.1, 0.15) is 19.4 Å². The van der Waals surface area contributed by atoms with E-state index in [-0.39, 0.29) is 19.3 Å². The normalized spacial score (nSPS) is 13.1. The van der Waals surface area contributed by atoms with Crippen LogP contribution in [0.3, 0.4) is 0 Å². The topological polar surface area (TPSA) is 41.9 Å². The van der Waals surface area contributed by atoms with Crippen LogP contribution in [0.4, 0.5) is 8.78 Å². The summed E-state index contributed by atoms with van der Waals surface area (Å²) < 4.78 is 37.1. The lowest BCUT2D eigenvalue weighted by molar-refractivity contribution is -0.0122. The van der Waals surface area contributed by atoms with Crippen LogP contribution in [0.25, 0.3) is 0 Å². The molecule has 0 bridgehead atoms. The molecule has 0 saturated carbocycles. The van der Waals surface area contributed by atoms with Gasteiger partial charge < -0.3 is 14.6 Å². The highest BCUT2D eigenvalue weighted by Gasteiger charge is 2.15. The molecule has 1 aromatic carbocycles. The van der Waals surface area contributed by atoms with E-state index in [2.05, 4.69) is 0 Å². The van der Waals surface area contributed by atoms with E-state index in [4.69, 9.17) is 9.47 Å². The molecular formula is C16H25F2NO3. The zero-order valence-corrected chi connectivity index (χ0v) is 13.4. The summed E-state index contributed by atoms with van der Waals surface area (Å²) in [4.78, 5) is 1.86. The third kappa shape index (κ3) is 7.26. The highest BCUT2D eigenvalue weighted by Crippen LogP contribution is 2.12. The van der Waals surface area contributed by atoms with Gasteiger partial charge in [0, 0.05) is 38.4 Å². The zero-order valence-electron chi connectivity index (χ0n) is 13.4. The summed E-state index contributed by atoms with van der Waals surface area (Å²) in [6.07, 6.45) is -0.639. The van der Waals surface area contributed by atoms with Crippen molar-refractivity contribution in [3.63, 3.8) is 0 Å². The summed E-state index contributed by atoms with van der Waals surface area (Å²) in [6, 6.07) is 3.51. The molecule has 1 N–H and O–H groups in total. The molecule has 0 fully saturated rings. The molecule has 22 heavy (non-hydrogen) atoms. The van der Waals surface area contributed by atoms with Crippen molar-refractivity contribution < 1.29 is 23.4 Å². The van der Waals surface area contributed by atoms with Gasteiger partial charge in [-0.15, -0.1) is 0 Å². The van der Waals surface area contributed by atoms with Crippen molar-refractivity contribution in [2.24, 2.45) is 0 Å². The smallest absolute Gasteiger partial charge is 0.130 e. The number of aliphatic hydroxyl groups is 1. The van der Waals surface area contributed by atoms with E-state index in [1.165, 1.54) is 12.1 Å². The summed E-state index contributed by atoms with van der Waals surface area (Å²) in [5.41, 5.74) is 0.384. The highest BCUT2D eigenvalue weighted by atomic mass is 19.1. The summed E-state index contributed by atoms with van der Waals surface area (Å²) in [5.74, 6) is -1.19. The number of halogens is 2. The average molecular weight is 317 g/mol. The summed E-state index contributed by atoms with van der Waals surface area (Å²) >= 11 is 0. The molecule has 4 nitrogen and oxygen atoms in total. The van der Waals surface area contributed by atoms with Gasteiger partial charge in [-0.1, -0.05) is 6.07 Å². The van der Waals surface area contributed by atoms with Gasteiger partial charge in [-0.3, -0.25) is 4.90 Å². The SMILES string of the molecule is COCCN(Cc1ccc(F)cc1F)CC(O)COC(C)C. The molecule has 1 atom stereocenters. The number of hydrogen-bond acceptors (Lipinski definition) is 4. The van der Waals surface area contributed by atoms with E-state index >= 15 is 0 Å². The second kappa shape index (κ2) is 9.84. The molecule has 0 amide bonds. The number of ether oxygens (including phenoxy) is 2. The number of methoxy groups -OCH3 is 1. The van der Waals surface area contributed by atoms with Gasteiger partial charge >= 0.3 is 0 Å². The van der Waals surface area contributed by atoms with Gasteiger partial charge in [-0.2, -0.15) is 0 Å². The Morgan fingerprint density at radius 3 is 2.59 bits per heavy atom. The fourth-order valence-electron chi connectivity index (χ4n) is 2.00. The maximum absolute atomic E-state index is 13.7. The molecule has 0 heterocycles. The summed E-state index contributed by atoms with van der Waals surface area (Å²) in [7, 11) is 1.58. The van der Waals surface area contributed by atoms with E-state index in [9.17, 15) is 13.9 Å². The molecular weight excluding hydrogens is 292 g/mol. The van der Waals surface area contributed by atoms with Crippen molar-refractivity contribution in [1.82, 2.24) is 4.90 Å². The van der Waals surface area contributed by atoms with Gasteiger partial charge in [-0.05, 0) is 19.9 Å². The minimum Gasteiger partial charge on any atom is -0.389 e. The van der Waals surface area contributed by atoms with E-state index in [0.29, 0.717) is 25.3 Å². The van der Waals surface area contributed by atoms with Crippen LogP contribution in [-0.2, 0) is 16.0 Å². The third-order valence-electron chi connectivity index (χ3n) is 3.11. The Kier molecular flexibility index (Phi) is 8.48. The van der Waals surface area contributed by atoms with Crippen LogP contribution < -0.4 is 0 Å². The van der Waals surface area contributed by atoms with Gasteiger partial charge in [0.05, 0.1) is 25.4 Å². The number of nitrogens with zero attached hydrogens (tertiary/aromatic N) is 1. The van der Waals surface area contributed by atoms with Crippen molar-refractivity contribution in [2.75, 3.05) is 33.4 Å². The minimum absolute atomic E-state index is 0.0385. The molecule has 0 radical (unpaired) electrons. The Morgan fingerprint density at radius 1 is 1.27 bits per heavy atom. The first-order valence-corrected chi connectivity index (χ1v) is 7.37. The Morgan fingerprint density at radius 2 is 2.00 bits per heavy atom. The molecule has 0 aliphatic rings. The van der Waals surface area contributed by atoms with E-state index in [1.54, 1.807) is 7.11 Å². The molecule has 1 unspecified atom stereocenters. The van der Waals surface area contributed by atoms with Crippen LogP contribution in [0.2, 0.25) is 0 Å². The van der Waals surface area contributed by atoms with Gasteiger partial charge in [-0.25, -0.2) is 8.78 Å². The predicted molar refractivity (Wildman–Crippen MR) is 80.6 cm³/mol. The fourth-order valence-corrected chi connectivity index (χ4v) is 2.00. The fraction of sp³-hybridized carbons (Fsp3) is 0.625. The summed E-state index contributed by atoms with van der Waals surface area (Å²) in [6.45, 7) is 5.59. The van der Waals surface area contributed by atoms with Crippen molar-refractivity contribution in [2.45, 2.75) is 32.6 Å². The first-order valence-electron chi connectivity index (χ1n) is 7.37. The van der Waals surface area contributed by atoms with Crippen LogP contribution in [0.15, 0.2) is 18.2 Å². The molecule has 1 rings (SSSR count). The number of benzene rings is 1. The Labute approximate surface area is 130 Å². The predicted octanol–water partition coefficient (Wildman–Crippen LogP) is 2.20. The van der Waals surface area contributed by atoms with E-state index in [1.807, 2.05) is 18.7 Å². The van der Waals surface area contributed by atoms with Crippen LogP contribution in [0.5, 0.6) is 0 Å². The lowest BCUT2D eigenvalue weighted by Gasteiger charge is -2.25. The first-order chi connectivity index (χ1) is 10.4. The van der Waals surface area contributed by atoms with Crippen molar-refractivity contribution >= 4 is 0 Å². The van der Waals surface area contributed by atoms with Crippen molar-refractivity contribution in [1.29, 1.82) is 0 Å². The number of aliphatic hydroxyl groups excluding tert-OH is 1. The first kappa shape index (κ1) is 19.0. The average Bonchev–Trinajstić information content (AvgIpc) is 2.45. The lowest BCUT2D eigenvalue weighted by atomic mass is 10.2. The Balaban J connectivity index is 2.63. The van der Waals surface area contributed by atoms with Gasteiger partial charge in [0.25, 0.3) is 0 Å². The molecule has 0 aromatic heterocycles. The second-order valence-corrected chi connectivity index (χ2v) is 5.50. The molecule has 126 valence electrons. The molecule has 1 aromatic rings. The zero-order chi connectivity index (χ0) is 16.5. The van der Waals surface area contributed by atoms with Crippen molar-refractivity contribution in [3.8, 4) is 0 Å². The maximum atomic E-state index is 13.7. The standard InChI is InChI=1S/C16H25F2NO3/c1-12(2)22-11-15(20)10-19(6-7-21-3)9-13-4-5-14(17)8-16(13)18/h4-5,8,12,15,20H,6-7,9-11H2,1-3H3. The maximum Gasteiger partial charge on any atom is 0.130 e. The van der Waals surface area contributed by atoms with E-state index in [0.717, 1.165) is 6.07 Å².